The molecule has 3 rings (SSSR count). The van der Waals surface area contributed by atoms with E-state index < -0.39 is 0 Å². The predicted molar refractivity (Wildman–Crippen MR) is 117 cm³/mol. The smallest absolute Gasteiger partial charge is 0.190 e. The van der Waals surface area contributed by atoms with Crippen LogP contribution in [-0.4, -0.2) is 56.7 Å². The Morgan fingerprint density at radius 2 is 2.00 bits per heavy atom. The van der Waals surface area contributed by atoms with Gasteiger partial charge in [0.25, 0.3) is 0 Å². The lowest BCUT2D eigenvalue weighted by Crippen LogP contribution is -2.43. The number of nitrogens with zero attached hydrogens (tertiary/aromatic N) is 2. The van der Waals surface area contributed by atoms with Crippen LogP contribution in [0.3, 0.4) is 0 Å². The van der Waals surface area contributed by atoms with E-state index in [0.717, 1.165) is 44.5 Å². The van der Waals surface area contributed by atoms with Crippen molar-refractivity contribution in [3.05, 3.63) is 35.9 Å². The molecule has 0 amide bonds. The Kier molecular flexibility index (Phi) is 8.62. The van der Waals surface area contributed by atoms with Crippen molar-refractivity contribution in [2.45, 2.75) is 57.6 Å². The van der Waals surface area contributed by atoms with Crippen LogP contribution in [0.15, 0.2) is 35.3 Å². The summed E-state index contributed by atoms with van der Waals surface area (Å²) < 4.78 is 6.11. The van der Waals surface area contributed by atoms with Crippen molar-refractivity contribution >= 4 is 5.96 Å². The molecule has 5 heteroatoms. The Hall–Kier alpha value is -1.59. The number of guanidine groups is 1. The molecule has 0 radical (unpaired) electrons. The van der Waals surface area contributed by atoms with Gasteiger partial charge in [-0.3, -0.25) is 4.99 Å². The molecule has 1 aromatic rings. The van der Waals surface area contributed by atoms with Gasteiger partial charge in [-0.05, 0) is 51.1 Å². The van der Waals surface area contributed by atoms with Crippen molar-refractivity contribution in [2.75, 3.05) is 39.8 Å². The highest BCUT2D eigenvalue weighted by molar-refractivity contribution is 5.79. The molecular formula is C23H38N4O. The lowest BCUT2D eigenvalue weighted by molar-refractivity contribution is -0.0265. The average Bonchev–Trinajstić information content (AvgIpc) is 2.75. The van der Waals surface area contributed by atoms with Crippen molar-refractivity contribution in [1.82, 2.24) is 15.5 Å². The van der Waals surface area contributed by atoms with Gasteiger partial charge in [-0.15, -0.1) is 0 Å². The largest absolute Gasteiger partial charge is 0.373 e. The summed E-state index contributed by atoms with van der Waals surface area (Å²) in [6.07, 6.45) is 7.76. The minimum absolute atomic E-state index is 0.182. The molecule has 0 bridgehead atoms. The summed E-state index contributed by atoms with van der Waals surface area (Å²) in [5, 5.41) is 7.02. The molecule has 5 nitrogen and oxygen atoms in total. The molecule has 0 saturated carbocycles. The molecule has 3 atom stereocenters. The van der Waals surface area contributed by atoms with E-state index in [4.69, 9.17) is 4.74 Å². The van der Waals surface area contributed by atoms with Gasteiger partial charge in [0.2, 0.25) is 0 Å². The summed E-state index contributed by atoms with van der Waals surface area (Å²) in [4.78, 5) is 7.04. The maximum absolute atomic E-state index is 6.11. The van der Waals surface area contributed by atoms with Gasteiger partial charge < -0.3 is 20.3 Å². The lowest BCUT2D eigenvalue weighted by atomic mass is 9.89. The van der Waals surface area contributed by atoms with Gasteiger partial charge >= 0.3 is 0 Å². The van der Waals surface area contributed by atoms with Gasteiger partial charge in [0, 0.05) is 45.2 Å². The molecular weight excluding hydrogens is 348 g/mol. The molecule has 28 heavy (non-hydrogen) atoms. The number of piperidine rings is 1. The highest BCUT2D eigenvalue weighted by Gasteiger charge is 2.27. The highest BCUT2D eigenvalue weighted by Crippen LogP contribution is 2.33. The molecule has 0 aliphatic carbocycles. The third-order valence-corrected chi connectivity index (χ3v) is 6.18. The van der Waals surface area contributed by atoms with Crippen LogP contribution in [-0.2, 0) is 4.74 Å². The number of nitrogens with one attached hydrogen (secondary N) is 2. The third-order valence-electron chi connectivity index (χ3n) is 6.18. The summed E-state index contributed by atoms with van der Waals surface area (Å²) in [5.74, 6) is 1.38. The van der Waals surface area contributed by atoms with Crippen LogP contribution in [0, 0.1) is 5.92 Å². The Labute approximate surface area is 170 Å². The third kappa shape index (κ3) is 6.21. The first-order valence-electron chi connectivity index (χ1n) is 11.1. The second kappa shape index (κ2) is 11.4. The van der Waals surface area contributed by atoms with Crippen LogP contribution in [0.2, 0.25) is 0 Å². The van der Waals surface area contributed by atoms with Crippen molar-refractivity contribution in [3.63, 3.8) is 0 Å². The zero-order valence-corrected chi connectivity index (χ0v) is 17.7. The van der Waals surface area contributed by atoms with E-state index >= 15 is 0 Å². The average molecular weight is 387 g/mol. The van der Waals surface area contributed by atoms with Crippen LogP contribution < -0.4 is 10.6 Å². The SMILES string of the molecule is CN=C(NCCCN1CCCCC1C)NCC1CCCOC1c1ccccc1. The van der Waals surface area contributed by atoms with Crippen molar-refractivity contribution < 1.29 is 4.74 Å². The topological polar surface area (TPSA) is 48.9 Å². The first-order chi connectivity index (χ1) is 13.8. The molecule has 2 saturated heterocycles. The second-order valence-corrected chi connectivity index (χ2v) is 8.22. The summed E-state index contributed by atoms with van der Waals surface area (Å²) >= 11 is 0. The molecule has 2 N–H and O–H groups in total. The Balaban J connectivity index is 1.40. The summed E-state index contributed by atoms with van der Waals surface area (Å²) in [5.41, 5.74) is 1.28. The Morgan fingerprint density at radius 1 is 1.14 bits per heavy atom. The van der Waals surface area contributed by atoms with Gasteiger partial charge in [-0.25, -0.2) is 0 Å². The van der Waals surface area contributed by atoms with Crippen LogP contribution in [0.1, 0.15) is 57.1 Å². The van der Waals surface area contributed by atoms with Crippen LogP contribution >= 0.6 is 0 Å². The molecule has 2 aliphatic heterocycles. The molecule has 1 aromatic carbocycles. The van der Waals surface area contributed by atoms with Crippen LogP contribution in [0.5, 0.6) is 0 Å². The number of aliphatic imine (C=N–C) groups is 1. The maximum atomic E-state index is 6.11. The number of hydrogen-bond acceptors (Lipinski definition) is 3. The molecule has 0 spiro atoms. The molecule has 2 heterocycles. The normalized spacial score (nSPS) is 26.8. The van der Waals surface area contributed by atoms with Gasteiger partial charge in [0.15, 0.2) is 5.96 Å². The molecule has 0 aromatic heterocycles. The van der Waals surface area contributed by atoms with Gasteiger partial charge in [-0.2, -0.15) is 0 Å². The summed E-state index contributed by atoms with van der Waals surface area (Å²) in [6, 6.07) is 11.4. The van der Waals surface area contributed by atoms with Crippen molar-refractivity contribution in [2.24, 2.45) is 10.9 Å². The number of likely N-dealkylation sites (tertiary alicyclic amines) is 1. The van der Waals surface area contributed by atoms with Crippen molar-refractivity contribution in [3.8, 4) is 0 Å². The lowest BCUT2D eigenvalue weighted by Gasteiger charge is -2.33. The highest BCUT2D eigenvalue weighted by atomic mass is 16.5. The van der Waals surface area contributed by atoms with E-state index in [1.807, 2.05) is 7.05 Å². The van der Waals surface area contributed by atoms with E-state index in [-0.39, 0.29) is 6.10 Å². The second-order valence-electron chi connectivity index (χ2n) is 8.22. The Bertz CT molecular complexity index is 592. The van der Waals surface area contributed by atoms with E-state index in [0.29, 0.717) is 5.92 Å². The van der Waals surface area contributed by atoms with Gasteiger partial charge in [0.1, 0.15) is 0 Å². The summed E-state index contributed by atoms with van der Waals surface area (Å²) in [6.45, 7) is 7.52. The number of hydrogen-bond donors (Lipinski definition) is 2. The predicted octanol–water partition coefficient (Wildman–Crippen LogP) is 3.58. The Morgan fingerprint density at radius 3 is 2.79 bits per heavy atom. The minimum atomic E-state index is 0.182. The zero-order chi connectivity index (χ0) is 19.6. The van der Waals surface area contributed by atoms with Crippen LogP contribution in [0.4, 0.5) is 0 Å². The fourth-order valence-corrected chi connectivity index (χ4v) is 4.49. The first-order valence-corrected chi connectivity index (χ1v) is 11.1. The molecule has 2 fully saturated rings. The fourth-order valence-electron chi connectivity index (χ4n) is 4.49. The zero-order valence-electron chi connectivity index (χ0n) is 17.7. The van der Waals surface area contributed by atoms with Gasteiger partial charge in [-0.1, -0.05) is 36.8 Å². The standard InChI is InChI=1S/C23H38N4O/c1-19-10-6-7-15-27(19)16-9-14-25-23(24-2)26-18-21-13-8-17-28-22(21)20-11-4-3-5-12-20/h3-5,11-12,19,21-22H,6-10,13-18H2,1-2H3,(H2,24,25,26). The molecule has 2 aliphatic rings. The number of ether oxygens (including phenoxy) is 1. The summed E-state index contributed by atoms with van der Waals surface area (Å²) in [7, 11) is 1.86. The van der Waals surface area contributed by atoms with E-state index in [2.05, 4.69) is 57.8 Å². The maximum Gasteiger partial charge on any atom is 0.190 e. The number of rotatable bonds is 7. The van der Waals surface area contributed by atoms with Crippen molar-refractivity contribution in [1.29, 1.82) is 0 Å². The van der Waals surface area contributed by atoms with E-state index in [1.165, 1.54) is 44.3 Å². The van der Waals surface area contributed by atoms with E-state index in [1.54, 1.807) is 0 Å². The fraction of sp³-hybridized carbons (Fsp3) is 0.696. The quantitative estimate of drug-likeness (QED) is 0.427. The van der Waals surface area contributed by atoms with E-state index in [9.17, 15) is 0 Å². The molecule has 156 valence electrons. The van der Waals surface area contributed by atoms with Crippen LogP contribution in [0.25, 0.3) is 0 Å². The number of benzene rings is 1. The first kappa shape index (κ1) is 21.1. The monoisotopic (exact) mass is 386 g/mol. The minimum Gasteiger partial charge on any atom is -0.373 e. The molecule has 3 unspecified atom stereocenters. The van der Waals surface area contributed by atoms with Gasteiger partial charge in [0.05, 0.1) is 6.10 Å².